The average molecular weight is 497 g/mol. The fourth-order valence-electron chi connectivity index (χ4n) is 4.51. The number of nitrogens with zero attached hydrogens (tertiary/aromatic N) is 2. The third-order valence-electron chi connectivity index (χ3n) is 6.33. The van der Waals surface area contributed by atoms with Crippen LogP contribution < -0.4 is 10.6 Å². The highest BCUT2D eigenvalue weighted by molar-refractivity contribution is 7.92. The van der Waals surface area contributed by atoms with E-state index in [1.165, 1.54) is 28.8 Å². The molecule has 35 heavy (non-hydrogen) atoms. The maximum absolute atomic E-state index is 13.0. The lowest BCUT2D eigenvalue weighted by molar-refractivity contribution is -0.125. The number of amides is 2. The number of carbonyl (C=O) groups excluding carboxylic acids is 2. The number of piperidine rings is 1. The summed E-state index contributed by atoms with van der Waals surface area (Å²) in [6.07, 6.45) is 2.09. The van der Waals surface area contributed by atoms with Gasteiger partial charge in [-0.05, 0) is 73.7 Å². The molecule has 1 fully saturated rings. The first-order valence-corrected chi connectivity index (χ1v) is 12.8. The number of hydrogen-bond donors (Lipinski definition) is 3. The summed E-state index contributed by atoms with van der Waals surface area (Å²) in [6, 6.07) is 10.1. The Morgan fingerprint density at radius 2 is 1.83 bits per heavy atom. The number of aliphatic imine (C=N–C) groups is 1. The van der Waals surface area contributed by atoms with Crippen LogP contribution >= 0.6 is 0 Å². The van der Waals surface area contributed by atoms with E-state index < -0.39 is 15.6 Å². The van der Waals surface area contributed by atoms with Crippen LogP contribution in [0.4, 0.5) is 5.69 Å². The van der Waals surface area contributed by atoms with Crippen molar-refractivity contribution in [3.05, 3.63) is 64.1 Å². The summed E-state index contributed by atoms with van der Waals surface area (Å²) in [5.74, 6) is 0.0277. The van der Waals surface area contributed by atoms with Crippen LogP contribution in [-0.4, -0.2) is 54.1 Å². The van der Waals surface area contributed by atoms with Crippen LogP contribution in [0.5, 0.6) is 5.75 Å². The van der Waals surface area contributed by atoms with Gasteiger partial charge in [-0.1, -0.05) is 12.1 Å². The Balaban J connectivity index is 1.48. The molecule has 10 heteroatoms. The average Bonchev–Trinajstić information content (AvgIpc) is 3.08. The molecule has 1 spiro atoms. The van der Waals surface area contributed by atoms with Crippen LogP contribution in [0, 0.1) is 13.8 Å². The summed E-state index contributed by atoms with van der Waals surface area (Å²) >= 11 is 0. The fourth-order valence-corrected chi connectivity index (χ4v) is 5.68. The molecule has 0 unspecified atom stereocenters. The zero-order valence-electron chi connectivity index (χ0n) is 19.8. The quantitative estimate of drug-likeness (QED) is 0.586. The Kier molecular flexibility index (Phi) is 6.52. The molecule has 0 saturated carbocycles. The van der Waals surface area contributed by atoms with Crippen LogP contribution in [0.25, 0.3) is 6.08 Å². The summed E-state index contributed by atoms with van der Waals surface area (Å²) in [6.45, 7) is 5.47. The number of nitrogens with one attached hydrogen (secondary N) is 2. The SMILES string of the molecule is CC(=O)Nc1cc(C)c(/C=C/S(=O)(=O)N2CCC3(CC2)N=C(c2cccc(O)c2)NC3=O)c(C)c1. The van der Waals surface area contributed by atoms with Gasteiger partial charge in [0.05, 0.1) is 0 Å². The molecule has 2 aliphatic heterocycles. The largest absolute Gasteiger partial charge is 0.508 e. The molecule has 184 valence electrons. The molecule has 9 nitrogen and oxygen atoms in total. The molecule has 2 amide bonds. The highest BCUT2D eigenvalue weighted by Crippen LogP contribution is 2.33. The lowest BCUT2D eigenvalue weighted by Gasteiger charge is -2.34. The van der Waals surface area contributed by atoms with Crippen LogP contribution in [0.15, 0.2) is 46.8 Å². The first-order chi connectivity index (χ1) is 16.5. The summed E-state index contributed by atoms with van der Waals surface area (Å²) < 4.78 is 27.4. The lowest BCUT2D eigenvalue weighted by atomic mass is 9.89. The Labute approximate surface area is 204 Å². The van der Waals surface area contributed by atoms with Crippen LogP contribution in [-0.2, 0) is 19.6 Å². The van der Waals surface area contributed by atoms with E-state index in [0.29, 0.717) is 17.1 Å². The van der Waals surface area contributed by atoms with Gasteiger partial charge >= 0.3 is 0 Å². The predicted octanol–water partition coefficient (Wildman–Crippen LogP) is 2.68. The molecule has 0 bridgehead atoms. The number of amidine groups is 1. The highest BCUT2D eigenvalue weighted by atomic mass is 32.2. The van der Waals surface area contributed by atoms with Gasteiger partial charge in [-0.3, -0.25) is 14.6 Å². The molecule has 4 rings (SSSR count). The summed E-state index contributed by atoms with van der Waals surface area (Å²) in [7, 11) is -3.71. The Morgan fingerprint density at radius 3 is 2.43 bits per heavy atom. The van der Waals surface area contributed by atoms with Crippen molar-refractivity contribution in [1.82, 2.24) is 9.62 Å². The minimum atomic E-state index is -3.71. The molecular formula is C25H28N4O5S. The molecule has 2 aromatic rings. The van der Waals surface area contributed by atoms with Crippen molar-refractivity contribution in [2.75, 3.05) is 18.4 Å². The van der Waals surface area contributed by atoms with Crippen LogP contribution in [0.2, 0.25) is 0 Å². The molecule has 0 aliphatic carbocycles. The van der Waals surface area contributed by atoms with E-state index in [1.54, 1.807) is 30.3 Å². The number of anilines is 1. The van der Waals surface area contributed by atoms with E-state index in [4.69, 9.17) is 0 Å². The van der Waals surface area contributed by atoms with Crippen molar-refractivity contribution in [2.24, 2.45) is 4.99 Å². The lowest BCUT2D eigenvalue weighted by Crippen LogP contribution is -2.50. The number of phenolic OH excluding ortho intramolecular Hbond substituents is 1. The second kappa shape index (κ2) is 9.27. The second-order valence-corrected chi connectivity index (χ2v) is 10.8. The molecule has 0 aromatic heterocycles. The Hall–Kier alpha value is -3.50. The number of sulfonamides is 1. The zero-order chi connectivity index (χ0) is 25.4. The smallest absolute Gasteiger partial charge is 0.253 e. The number of rotatable bonds is 5. The molecular weight excluding hydrogens is 468 g/mol. The first kappa shape index (κ1) is 24.6. The zero-order valence-corrected chi connectivity index (χ0v) is 20.6. The first-order valence-electron chi connectivity index (χ1n) is 11.3. The van der Waals surface area contributed by atoms with Gasteiger partial charge in [-0.2, -0.15) is 4.31 Å². The van der Waals surface area contributed by atoms with Crippen molar-refractivity contribution < 1.29 is 23.1 Å². The number of benzene rings is 2. The van der Waals surface area contributed by atoms with Gasteiger partial charge in [-0.25, -0.2) is 8.42 Å². The van der Waals surface area contributed by atoms with Gasteiger partial charge in [0.2, 0.25) is 15.9 Å². The normalized spacial score (nSPS) is 18.0. The highest BCUT2D eigenvalue weighted by Gasteiger charge is 2.47. The van der Waals surface area contributed by atoms with Crippen molar-refractivity contribution in [2.45, 2.75) is 39.2 Å². The Bertz CT molecular complexity index is 1330. The predicted molar refractivity (Wildman–Crippen MR) is 134 cm³/mol. The number of aryl methyl sites for hydroxylation is 2. The van der Waals surface area contributed by atoms with Crippen LogP contribution in [0.3, 0.4) is 0 Å². The summed E-state index contributed by atoms with van der Waals surface area (Å²) in [4.78, 5) is 28.7. The van der Waals surface area contributed by atoms with Gasteiger partial charge in [0.15, 0.2) is 0 Å². The minimum Gasteiger partial charge on any atom is -0.508 e. The van der Waals surface area contributed by atoms with E-state index in [2.05, 4.69) is 15.6 Å². The van der Waals surface area contributed by atoms with Crippen molar-refractivity contribution in [1.29, 1.82) is 0 Å². The minimum absolute atomic E-state index is 0.0725. The van der Waals surface area contributed by atoms with E-state index >= 15 is 0 Å². The van der Waals surface area contributed by atoms with E-state index in [9.17, 15) is 23.1 Å². The topological polar surface area (TPSA) is 128 Å². The van der Waals surface area contributed by atoms with E-state index in [1.807, 2.05) is 13.8 Å². The molecule has 0 radical (unpaired) electrons. The summed E-state index contributed by atoms with van der Waals surface area (Å²) in [5, 5.41) is 16.4. The molecule has 0 atom stereocenters. The van der Waals surface area contributed by atoms with Gasteiger partial charge in [0, 0.05) is 36.7 Å². The number of aromatic hydroxyl groups is 1. The Morgan fingerprint density at radius 1 is 1.17 bits per heavy atom. The molecule has 2 aromatic carbocycles. The molecule has 2 aliphatic rings. The second-order valence-electron chi connectivity index (χ2n) is 8.95. The summed E-state index contributed by atoms with van der Waals surface area (Å²) in [5.41, 5.74) is 2.71. The van der Waals surface area contributed by atoms with Crippen molar-refractivity contribution in [3.63, 3.8) is 0 Å². The van der Waals surface area contributed by atoms with Crippen LogP contribution in [0.1, 0.15) is 42.0 Å². The number of carbonyl (C=O) groups is 2. The number of hydrogen-bond acceptors (Lipinski definition) is 6. The van der Waals surface area contributed by atoms with Gasteiger partial charge < -0.3 is 15.7 Å². The maximum Gasteiger partial charge on any atom is 0.253 e. The molecule has 2 heterocycles. The van der Waals surface area contributed by atoms with E-state index in [-0.39, 0.29) is 43.5 Å². The van der Waals surface area contributed by atoms with Gasteiger partial charge in [0.25, 0.3) is 5.91 Å². The van der Waals surface area contributed by atoms with Gasteiger partial charge in [0.1, 0.15) is 17.1 Å². The van der Waals surface area contributed by atoms with E-state index in [0.717, 1.165) is 16.7 Å². The monoisotopic (exact) mass is 496 g/mol. The maximum atomic E-state index is 13.0. The van der Waals surface area contributed by atoms with Crippen molar-refractivity contribution >= 4 is 39.4 Å². The standard InChI is InChI=1S/C25H28N4O5S/c1-16-13-20(26-18(3)30)14-17(2)22(16)7-12-35(33,34)29-10-8-25(9-11-29)24(32)27-23(28-25)19-5-4-6-21(31)15-19/h4-7,12-15,31H,8-11H2,1-3H3,(H,26,30)(H,27,28,32)/b12-7+. The van der Waals surface area contributed by atoms with Gasteiger partial charge in [-0.15, -0.1) is 0 Å². The fraction of sp³-hybridized carbons (Fsp3) is 0.320. The third kappa shape index (κ3) is 5.13. The molecule has 3 N–H and O–H groups in total. The number of phenols is 1. The molecule has 1 saturated heterocycles. The van der Waals surface area contributed by atoms with Crippen molar-refractivity contribution in [3.8, 4) is 5.75 Å². The third-order valence-corrected chi connectivity index (χ3v) is 7.90.